The van der Waals surface area contributed by atoms with Gasteiger partial charge < -0.3 is 10.1 Å². The summed E-state index contributed by atoms with van der Waals surface area (Å²) in [5.74, 6) is -5.69. The Morgan fingerprint density at radius 2 is 1.71 bits per heavy atom. The summed E-state index contributed by atoms with van der Waals surface area (Å²) < 4.78 is 64.6. The molecule has 2 heterocycles. The molecule has 0 spiro atoms. The Kier molecular flexibility index (Phi) is 8.20. The molecule has 210 valence electrons. The number of aromatic nitrogens is 5. The van der Waals surface area contributed by atoms with E-state index < -0.39 is 42.7 Å². The second kappa shape index (κ2) is 12.1. The van der Waals surface area contributed by atoms with Crippen LogP contribution in [0.2, 0.25) is 0 Å². The number of aromatic amines is 1. The van der Waals surface area contributed by atoms with Crippen molar-refractivity contribution in [1.29, 1.82) is 0 Å². The van der Waals surface area contributed by atoms with E-state index in [0.29, 0.717) is 16.8 Å². The highest BCUT2D eigenvalue weighted by molar-refractivity contribution is 6.01. The van der Waals surface area contributed by atoms with Crippen molar-refractivity contribution < 1.29 is 27.1 Å². The van der Waals surface area contributed by atoms with Gasteiger partial charge in [0.05, 0.1) is 42.5 Å². The van der Waals surface area contributed by atoms with E-state index in [1.165, 1.54) is 54.9 Å². The lowest BCUT2D eigenvalue weighted by Gasteiger charge is -2.27. The standard InChI is InChI=1S/C29H24F4N6O2/c30-21-11-9-20(10-12-21)24-15-25(38-37-24)27-22(7-4-8-23(27)31)28(40)36-26(16-39-34-13-14-35-39)29(32,33)18-41-17-19-5-2-1-3-6-19/h1-15,26H,16-18H2,(H,36,40)(H,37,38)/t26-/m1/s1. The average molecular weight is 565 g/mol. The first-order valence-corrected chi connectivity index (χ1v) is 12.5. The molecule has 1 amide bonds. The Morgan fingerprint density at radius 3 is 2.44 bits per heavy atom. The molecule has 12 heteroatoms. The molecule has 5 rings (SSSR count). The van der Waals surface area contributed by atoms with Crippen LogP contribution in [-0.2, 0) is 17.9 Å². The number of nitrogens with zero attached hydrogens (tertiary/aromatic N) is 4. The van der Waals surface area contributed by atoms with Gasteiger partial charge in [0.15, 0.2) is 0 Å². The molecule has 0 aliphatic heterocycles. The van der Waals surface area contributed by atoms with Crippen molar-refractivity contribution in [3.05, 3.63) is 114 Å². The third-order valence-corrected chi connectivity index (χ3v) is 6.28. The molecule has 2 N–H and O–H groups in total. The zero-order valence-corrected chi connectivity index (χ0v) is 21.5. The first kappa shape index (κ1) is 27.7. The molecule has 0 radical (unpaired) electrons. The number of rotatable bonds is 11. The number of H-pyrrole nitrogens is 1. The van der Waals surface area contributed by atoms with Crippen LogP contribution in [0.15, 0.2) is 91.3 Å². The minimum atomic E-state index is -3.55. The summed E-state index contributed by atoms with van der Waals surface area (Å²) in [5.41, 5.74) is 1.42. The molecule has 1 atom stereocenters. The number of carbonyl (C=O) groups excluding carboxylic acids is 1. The summed E-state index contributed by atoms with van der Waals surface area (Å²) >= 11 is 0. The van der Waals surface area contributed by atoms with Gasteiger partial charge in [-0.3, -0.25) is 9.89 Å². The zero-order chi connectivity index (χ0) is 28.8. The highest BCUT2D eigenvalue weighted by atomic mass is 19.3. The van der Waals surface area contributed by atoms with E-state index >= 15 is 13.2 Å². The van der Waals surface area contributed by atoms with Gasteiger partial charge in [-0.25, -0.2) is 17.6 Å². The number of hydrogen-bond donors (Lipinski definition) is 2. The molecule has 41 heavy (non-hydrogen) atoms. The number of hydrogen-bond acceptors (Lipinski definition) is 5. The van der Waals surface area contributed by atoms with Crippen molar-refractivity contribution in [2.24, 2.45) is 0 Å². The SMILES string of the molecule is O=C(N[C@H](Cn1nccn1)C(F)(F)COCc1ccccc1)c1cccc(F)c1-c1cc(-c2ccc(F)cc2)n[nH]1. The first-order valence-electron chi connectivity index (χ1n) is 12.5. The number of carbonyl (C=O) groups is 1. The van der Waals surface area contributed by atoms with E-state index in [2.05, 4.69) is 25.7 Å². The minimum absolute atomic E-state index is 0.0542. The van der Waals surface area contributed by atoms with Crippen LogP contribution in [0, 0.1) is 11.6 Å². The van der Waals surface area contributed by atoms with Gasteiger partial charge >= 0.3 is 0 Å². The third kappa shape index (κ3) is 6.67. The second-order valence-corrected chi connectivity index (χ2v) is 9.19. The number of nitrogens with one attached hydrogen (secondary N) is 2. The van der Waals surface area contributed by atoms with Crippen molar-refractivity contribution in [3.63, 3.8) is 0 Å². The van der Waals surface area contributed by atoms with Crippen LogP contribution in [0.5, 0.6) is 0 Å². The Morgan fingerprint density at radius 1 is 0.976 bits per heavy atom. The Hall–Kier alpha value is -4.84. The molecule has 0 bridgehead atoms. The van der Waals surface area contributed by atoms with E-state index in [4.69, 9.17) is 4.74 Å². The summed E-state index contributed by atoms with van der Waals surface area (Å²) in [4.78, 5) is 14.4. The van der Waals surface area contributed by atoms with Gasteiger partial charge in [-0.05, 0) is 48.0 Å². The van der Waals surface area contributed by atoms with Crippen LogP contribution in [0.3, 0.4) is 0 Å². The van der Waals surface area contributed by atoms with Crippen LogP contribution in [-0.4, -0.2) is 49.7 Å². The van der Waals surface area contributed by atoms with Gasteiger partial charge in [-0.15, -0.1) is 0 Å². The molecule has 0 fully saturated rings. The lowest BCUT2D eigenvalue weighted by Crippen LogP contribution is -2.52. The Labute approximate surface area is 232 Å². The summed E-state index contributed by atoms with van der Waals surface area (Å²) in [6.45, 7) is -1.52. The molecular formula is C29H24F4N6O2. The zero-order valence-electron chi connectivity index (χ0n) is 21.5. The van der Waals surface area contributed by atoms with E-state index in [-0.39, 0.29) is 23.4 Å². The molecule has 0 saturated carbocycles. The van der Waals surface area contributed by atoms with E-state index in [0.717, 1.165) is 10.9 Å². The molecule has 0 aliphatic rings. The molecule has 0 unspecified atom stereocenters. The largest absolute Gasteiger partial charge is 0.370 e. The summed E-state index contributed by atoms with van der Waals surface area (Å²) in [6, 6.07) is 17.8. The van der Waals surface area contributed by atoms with Crippen molar-refractivity contribution in [3.8, 4) is 22.5 Å². The fraction of sp³-hybridized carbons (Fsp3) is 0.172. The molecule has 5 aromatic rings. The van der Waals surface area contributed by atoms with Gasteiger partial charge in [0.1, 0.15) is 24.3 Å². The van der Waals surface area contributed by atoms with Gasteiger partial charge in [0.2, 0.25) is 0 Å². The van der Waals surface area contributed by atoms with Gasteiger partial charge in [-0.2, -0.15) is 20.1 Å². The number of ether oxygens (including phenoxy) is 1. The molecule has 3 aromatic carbocycles. The normalized spacial score (nSPS) is 12.3. The quantitative estimate of drug-likeness (QED) is 0.213. The average Bonchev–Trinajstić information content (AvgIpc) is 3.66. The van der Waals surface area contributed by atoms with E-state index in [1.54, 1.807) is 30.3 Å². The number of benzene rings is 3. The summed E-state index contributed by atoms with van der Waals surface area (Å²) in [7, 11) is 0. The second-order valence-electron chi connectivity index (χ2n) is 9.19. The highest BCUT2D eigenvalue weighted by Gasteiger charge is 2.42. The number of amides is 1. The maximum atomic E-state index is 15.5. The third-order valence-electron chi connectivity index (χ3n) is 6.28. The Bertz CT molecular complexity index is 1590. The fourth-order valence-corrected chi connectivity index (χ4v) is 4.21. The number of alkyl halides is 2. The van der Waals surface area contributed by atoms with Crippen LogP contribution in [0.4, 0.5) is 17.6 Å². The van der Waals surface area contributed by atoms with Crippen LogP contribution in [0.25, 0.3) is 22.5 Å². The number of halogens is 4. The summed E-state index contributed by atoms with van der Waals surface area (Å²) in [5, 5.41) is 16.9. The van der Waals surface area contributed by atoms with Crippen molar-refractivity contribution in [1.82, 2.24) is 30.5 Å². The maximum absolute atomic E-state index is 15.5. The predicted molar refractivity (Wildman–Crippen MR) is 142 cm³/mol. The predicted octanol–water partition coefficient (Wildman–Crippen LogP) is 5.26. The van der Waals surface area contributed by atoms with Crippen LogP contribution < -0.4 is 5.32 Å². The lowest BCUT2D eigenvalue weighted by atomic mass is 10.0. The van der Waals surface area contributed by atoms with Crippen molar-refractivity contribution in [2.45, 2.75) is 25.1 Å². The maximum Gasteiger partial charge on any atom is 0.292 e. The topological polar surface area (TPSA) is 97.7 Å². The van der Waals surface area contributed by atoms with E-state index in [1.807, 2.05) is 0 Å². The molecule has 8 nitrogen and oxygen atoms in total. The highest BCUT2D eigenvalue weighted by Crippen LogP contribution is 2.30. The van der Waals surface area contributed by atoms with Crippen LogP contribution >= 0.6 is 0 Å². The first-order chi connectivity index (χ1) is 19.8. The fourth-order valence-electron chi connectivity index (χ4n) is 4.21. The monoisotopic (exact) mass is 564 g/mol. The van der Waals surface area contributed by atoms with Gasteiger partial charge in [0.25, 0.3) is 11.8 Å². The molecule has 0 aliphatic carbocycles. The minimum Gasteiger partial charge on any atom is -0.370 e. The van der Waals surface area contributed by atoms with E-state index in [9.17, 15) is 9.18 Å². The molecule has 0 saturated heterocycles. The van der Waals surface area contributed by atoms with Crippen molar-refractivity contribution in [2.75, 3.05) is 6.61 Å². The van der Waals surface area contributed by atoms with Gasteiger partial charge in [-0.1, -0.05) is 36.4 Å². The van der Waals surface area contributed by atoms with Crippen LogP contribution in [0.1, 0.15) is 15.9 Å². The smallest absolute Gasteiger partial charge is 0.292 e. The molecule has 2 aromatic heterocycles. The van der Waals surface area contributed by atoms with Gasteiger partial charge in [0, 0.05) is 11.1 Å². The lowest BCUT2D eigenvalue weighted by molar-refractivity contribution is -0.107. The molecular weight excluding hydrogens is 540 g/mol. The summed E-state index contributed by atoms with van der Waals surface area (Å²) in [6.07, 6.45) is 2.65. The van der Waals surface area contributed by atoms with Crippen molar-refractivity contribution >= 4 is 5.91 Å². The Balaban J connectivity index is 1.39.